The van der Waals surface area contributed by atoms with Crippen LogP contribution in [0, 0.1) is 0 Å². The second-order valence-corrected chi connectivity index (χ2v) is 5.35. The standard InChI is InChI=1S/C16H11ClF3N3/c17-12-5-2-6-13(8-12)23-15(21)14(9-22-23)10-3-1-4-11(7-10)16(18,19)20/h1-9H,21H2. The number of anilines is 1. The second kappa shape index (κ2) is 5.62. The fourth-order valence-corrected chi connectivity index (χ4v) is 2.44. The molecule has 0 aliphatic rings. The fourth-order valence-electron chi connectivity index (χ4n) is 2.26. The van der Waals surface area contributed by atoms with Crippen LogP contribution < -0.4 is 5.73 Å². The lowest BCUT2D eigenvalue weighted by molar-refractivity contribution is -0.137. The molecule has 0 atom stereocenters. The molecular weight excluding hydrogens is 327 g/mol. The zero-order valence-corrected chi connectivity index (χ0v) is 12.4. The van der Waals surface area contributed by atoms with Gasteiger partial charge in [0.25, 0.3) is 0 Å². The molecule has 3 nitrogen and oxygen atoms in total. The van der Waals surface area contributed by atoms with Crippen molar-refractivity contribution in [2.45, 2.75) is 6.18 Å². The molecule has 0 fully saturated rings. The van der Waals surface area contributed by atoms with Gasteiger partial charge in [-0.15, -0.1) is 0 Å². The van der Waals surface area contributed by atoms with Crippen LogP contribution in [-0.4, -0.2) is 9.78 Å². The van der Waals surface area contributed by atoms with Crippen LogP contribution in [0.1, 0.15) is 5.56 Å². The molecule has 3 rings (SSSR count). The van der Waals surface area contributed by atoms with Crippen LogP contribution in [0.2, 0.25) is 5.02 Å². The monoisotopic (exact) mass is 337 g/mol. The average Bonchev–Trinajstić information content (AvgIpc) is 2.88. The van der Waals surface area contributed by atoms with Crippen molar-refractivity contribution >= 4 is 17.4 Å². The third kappa shape index (κ3) is 3.03. The summed E-state index contributed by atoms with van der Waals surface area (Å²) in [7, 11) is 0. The highest BCUT2D eigenvalue weighted by molar-refractivity contribution is 6.30. The molecule has 0 bridgehead atoms. The highest BCUT2D eigenvalue weighted by Crippen LogP contribution is 2.34. The van der Waals surface area contributed by atoms with Crippen molar-refractivity contribution in [3.63, 3.8) is 0 Å². The maximum Gasteiger partial charge on any atom is 0.416 e. The molecule has 0 radical (unpaired) electrons. The van der Waals surface area contributed by atoms with E-state index < -0.39 is 11.7 Å². The van der Waals surface area contributed by atoms with Crippen molar-refractivity contribution in [2.24, 2.45) is 0 Å². The zero-order chi connectivity index (χ0) is 16.6. The molecule has 0 aliphatic heterocycles. The third-order valence-electron chi connectivity index (χ3n) is 3.36. The van der Waals surface area contributed by atoms with E-state index in [0.717, 1.165) is 12.1 Å². The minimum atomic E-state index is -4.41. The molecule has 2 aromatic carbocycles. The summed E-state index contributed by atoms with van der Waals surface area (Å²) < 4.78 is 39.9. The molecule has 0 unspecified atom stereocenters. The van der Waals surface area contributed by atoms with Crippen LogP contribution in [0.3, 0.4) is 0 Å². The van der Waals surface area contributed by atoms with E-state index in [0.29, 0.717) is 21.8 Å². The van der Waals surface area contributed by atoms with Gasteiger partial charge in [0.15, 0.2) is 0 Å². The molecule has 2 N–H and O–H groups in total. The Balaban J connectivity index is 2.06. The minimum Gasteiger partial charge on any atom is -0.383 e. The summed E-state index contributed by atoms with van der Waals surface area (Å²) in [4.78, 5) is 0. The number of nitrogens with two attached hydrogens (primary N) is 1. The van der Waals surface area contributed by atoms with Crippen LogP contribution in [0.5, 0.6) is 0 Å². The fraction of sp³-hybridized carbons (Fsp3) is 0.0625. The second-order valence-electron chi connectivity index (χ2n) is 4.91. The summed E-state index contributed by atoms with van der Waals surface area (Å²) in [6.45, 7) is 0. The van der Waals surface area contributed by atoms with Crippen molar-refractivity contribution in [3.8, 4) is 16.8 Å². The summed E-state index contributed by atoms with van der Waals surface area (Å²) >= 11 is 5.93. The normalized spacial score (nSPS) is 11.7. The lowest BCUT2D eigenvalue weighted by Gasteiger charge is -2.09. The quantitative estimate of drug-likeness (QED) is 0.730. The molecule has 1 aromatic heterocycles. The number of hydrogen-bond donors (Lipinski definition) is 1. The maximum absolute atomic E-state index is 12.8. The molecule has 0 amide bonds. The van der Waals surface area contributed by atoms with E-state index in [1.165, 1.54) is 16.9 Å². The third-order valence-corrected chi connectivity index (χ3v) is 3.60. The minimum absolute atomic E-state index is 0.242. The lowest BCUT2D eigenvalue weighted by Crippen LogP contribution is -2.05. The zero-order valence-electron chi connectivity index (χ0n) is 11.7. The van der Waals surface area contributed by atoms with E-state index >= 15 is 0 Å². The number of halogens is 4. The van der Waals surface area contributed by atoms with Gasteiger partial charge in [0, 0.05) is 10.6 Å². The molecule has 3 aromatic rings. The Hall–Kier alpha value is -2.47. The summed E-state index contributed by atoms with van der Waals surface area (Å²) in [5, 5.41) is 4.66. The number of nitrogen functional groups attached to an aromatic ring is 1. The van der Waals surface area contributed by atoms with Gasteiger partial charge in [0.1, 0.15) is 5.82 Å². The summed E-state index contributed by atoms with van der Waals surface area (Å²) in [6, 6.07) is 11.8. The molecular formula is C16H11ClF3N3. The highest BCUT2D eigenvalue weighted by atomic mass is 35.5. The van der Waals surface area contributed by atoms with Gasteiger partial charge >= 0.3 is 6.18 Å². The predicted molar refractivity (Wildman–Crippen MR) is 83.4 cm³/mol. The molecule has 0 aliphatic carbocycles. The average molecular weight is 338 g/mol. The van der Waals surface area contributed by atoms with Gasteiger partial charge in [-0.3, -0.25) is 0 Å². The first-order valence-electron chi connectivity index (χ1n) is 6.63. The van der Waals surface area contributed by atoms with Gasteiger partial charge in [-0.05, 0) is 35.9 Å². The van der Waals surface area contributed by atoms with E-state index in [4.69, 9.17) is 17.3 Å². The largest absolute Gasteiger partial charge is 0.416 e. The van der Waals surface area contributed by atoms with Gasteiger partial charge in [-0.25, -0.2) is 4.68 Å². The van der Waals surface area contributed by atoms with Crippen LogP contribution in [-0.2, 0) is 6.18 Å². The van der Waals surface area contributed by atoms with Crippen molar-refractivity contribution in [1.82, 2.24) is 9.78 Å². The van der Waals surface area contributed by atoms with Crippen molar-refractivity contribution in [3.05, 3.63) is 65.3 Å². The SMILES string of the molecule is Nc1c(-c2cccc(C(F)(F)F)c2)cnn1-c1cccc(Cl)c1. The van der Waals surface area contributed by atoms with E-state index in [2.05, 4.69) is 5.10 Å². The van der Waals surface area contributed by atoms with Crippen LogP contribution in [0.15, 0.2) is 54.7 Å². The first-order valence-corrected chi connectivity index (χ1v) is 7.01. The van der Waals surface area contributed by atoms with Crippen molar-refractivity contribution in [1.29, 1.82) is 0 Å². The summed E-state index contributed by atoms with van der Waals surface area (Å²) in [6.07, 6.45) is -2.97. The number of nitrogens with zero attached hydrogens (tertiary/aromatic N) is 2. The van der Waals surface area contributed by atoms with Crippen molar-refractivity contribution < 1.29 is 13.2 Å². The molecule has 23 heavy (non-hydrogen) atoms. The number of aromatic nitrogens is 2. The lowest BCUT2D eigenvalue weighted by atomic mass is 10.1. The summed E-state index contributed by atoms with van der Waals surface area (Å²) in [5.41, 5.74) is 6.73. The number of rotatable bonds is 2. The van der Waals surface area contributed by atoms with Gasteiger partial charge in [0.2, 0.25) is 0 Å². The number of benzene rings is 2. The van der Waals surface area contributed by atoms with Gasteiger partial charge in [0.05, 0.1) is 17.4 Å². The first kappa shape index (κ1) is 15.4. The molecule has 0 spiro atoms. The molecule has 0 saturated heterocycles. The van der Waals surface area contributed by atoms with E-state index in [9.17, 15) is 13.2 Å². The highest BCUT2D eigenvalue weighted by Gasteiger charge is 2.30. The van der Waals surface area contributed by atoms with Gasteiger partial charge in [-0.1, -0.05) is 29.8 Å². The maximum atomic E-state index is 12.8. The van der Waals surface area contributed by atoms with Gasteiger partial charge < -0.3 is 5.73 Å². The van der Waals surface area contributed by atoms with Crippen molar-refractivity contribution in [2.75, 3.05) is 5.73 Å². The summed E-state index contributed by atoms with van der Waals surface area (Å²) in [5.74, 6) is 0.242. The van der Waals surface area contributed by atoms with E-state index in [-0.39, 0.29) is 5.82 Å². The Bertz CT molecular complexity index is 856. The Morgan fingerprint density at radius 1 is 1.04 bits per heavy atom. The Kier molecular flexibility index (Phi) is 3.77. The number of hydrogen-bond acceptors (Lipinski definition) is 2. The first-order chi connectivity index (χ1) is 10.9. The molecule has 118 valence electrons. The van der Waals surface area contributed by atoms with Gasteiger partial charge in [-0.2, -0.15) is 18.3 Å². The Morgan fingerprint density at radius 3 is 2.48 bits per heavy atom. The predicted octanol–water partition coefficient (Wildman–Crippen LogP) is 4.79. The van der Waals surface area contributed by atoms with E-state index in [1.54, 1.807) is 30.3 Å². The molecule has 7 heteroatoms. The molecule has 0 saturated carbocycles. The van der Waals surface area contributed by atoms with Crippen LogP contribution >= 0.6 is 11.6 Å². The molecule has 1 heterocycles. The Labute approximate surface area is 135 Å². The topological polar surface area (TPSA) is 43.8 Å². The van der Waals surface area contributed by atoms with Crippen LogP contribution in [0.25, 0.3) is 16.8 Å². The Morgan fingerprint density at radius 2 is 1.78 bits per heavy atom. The van der Waals surface area contributed by atoms with E-state index in [1.807, 2.05) is 0 Å². The smallest absolute Gasteiger partial charge is 0.383 e. The number of alkyl halides is 3. The van der Waals surface area contributed by atoms with Crippen LogP contribution in [0.4, 0.5) is 19.0 Å².